The van der Waals surface area contributed by atoms with E-state index in [1.165, 1.54) is 19.3 Å². The Kier molecular flexibility index (Phi) is 36.3. The van der Waals surface area contributed by atoms with Crippen LogP contribution >= 0.6 is 0 Å². The molecule has 0 aromatic heterocycles. The molecular weight excluding hydrogens is 746 g/mol. The van der Waals surface area contributed by atoms with Crippen LogP contribution in [0.15, 0.2) is 0 Å². The van der Waals surface area contributed by atoms with Crippen molar-refractivity contribution in [3.63, 3.8) is 0 Å². The van der Waals surface area contributed by atoms with Gasteiger partial charge in [-0.05, 0) is 25.7 Å². The first-order chi connectivity index (χ1) is 27.5. The fourth-order valence-electron chi connectivity index (χ4n) is 5.28. The zero-order chi connectivity index (χ0) is 42.2. The molecule has 0 aliphatic carbocycles. The quantitative estimate of drug-likeness (QED) is 0.0438. The van der Waals surface area contributed by atoms with Gasteiger partial charge >= 0.3 is 11.9 Å². The molecule has 0 heterocycles. The summed E-state index contributed by atoms with van der Waals surface area (Å²) in [7, 11) is 0. The van der Waals surface area contributed by atoms with Gasteiger partial charge in [0.2, 0.25) is 29.5 Å². The molecule has 0 aliphatic heterocycles. The zero-order valence-electron chi connectivity index (χ0n) is 34.2. The number of nitrogens with one attached hydrogen (secondary N) is 5. The summed E-state index contributed by atoms with van der Waals surface area (Å²) < 4.78 is 21.2. The summed E-state index contributed by atoms with van der Waals surface area (Å²) in [6.45, 7) is 4.25. The predicted octanol–water partition coefficient (Wildman–Crippen LogP) is 2.21. The van der Waals surface area contributed by atoms with Crippen LogP contribution in [-0.4, -0.2) is 137 Å². The van der Waals surface area contributed by atoms with Crippen LogP contribution in [0.2, 0.25) is 0 Å². The number of rotatable bonds is 41. The van der Waals surface area contributed by atoms with Gasteiger partial charge in [-0.1, -0.05) is 71.1 Å². The first kappa shape index (κ1) is 53.1. The Hall–Kier alpha value is -3.87. The SMILES string of the molecule is CCC(=O)NCCCNC(=O)COCCOCCNC(=O)COCCOCCNC(=O)CC[C@H](NC(=O)CCCCCCCCCCCCCCC(=O)O)C(=O)O. The van der Waals surface area contributed by atoms with Crippen LogP contribution in [0.25, 0.3) is 0 Å². The molecule has 0 aliphatic rings. The van der Waals surface area contributed by atoms with E-state index in [1.807, 2.05) is 0 Å². The first-order valence-electron chi connectivity index (χ1n) is 20.7. The van der Waals surface area contributed by atoms with Gasteiger partial charge in [0.25, 0.3) is 0 Å². The van der Waals surface area contributed by atoms with Crippen LogP contribution in [0.3, 0.4) is 0 Å². The Morgan fingerprint density at radius 3 is 1.33 bits per heavy atom. The first-order valence-corrected chi connectivity index (χ1v) is 20.7. The minimum atomic E-state index is -1.19. The summed E-state index contributed by atoms with van der Waals surface area (Å²) in [5.41, 5.74) is 0. The fourth-order valence-corrected chi connectivity index (χ4v) is 5.28. The molecule has 0 rings (SSSR count). The molecule has 0 aromatic carbocycles. The highest BCUT2D eigenvalue weighted by Crippen LogP contribution is 2.13. The van der Waals surface area contributed by atoms with E-state index in [0.717, 1.165) is 51.4 Å². The second-order valence-corrected chi connectivity index (χ2v) is 13.6. The normalized spacial score (nSPS) is 11.4. The number of carboxylic acids is 2. The summed E-state index contributed by atoms with van der Waals surface area (Å²) in [5, 5.41) is 31.4. The van der Waals surface area contributed by atoms with Crippen molar-refractivity contribution in [2.75, 3.05) is 79.0 Å². The van der Waals surface area contributed by atoms with Crippen LogP contribution in [0.1, 0.15) is 122 Å². The molecule has 18 nitrogen and oxygen atoms in total. The third-order valence-electron chi connectivity index (χ3n) is 8.50. The second-order valence-electron chi connectivity index (χ2n) is 13.6. The lowest BCUT2D eigenvalue weighted by atomic mass is 10.0. The van der Waals surface area contributed by atoms with Gasteiger partial charge in [0.05, 0.1) is 39.6 Å². The van der Waals surface area contributed by atoms with Crippen molar-refractivity contribution in [2.45, 2.75) is 129 Å². The average Bonchev–Trinajstić information content (AvgIpc) is 3.17. The molecule has 7 N–H and O–H groups in total. The fraction of sp³-hybridized carbons (Fsp3) is 0.821. The van der Waals surface area contributed by atoms with E-state index in [-0.39, 0.29) is 121 Å². The van der Waals surface area contributed by atoms with E-state index >= 15 is 0 Å². The number of carboxylic acid groups (broad SMARTS) is 2. The van der Waals surface area contributed by atoms with Crippen molar-refractivity contribution >= 4 is 41.5 Å². The molecule has 0 saturated heterocycles. The zero-order valence-corrected chi connectivity index (χ0v) is 34.2. The minimum absolute atomic E-state index is 0.0276. The van der Waals surface area contributed by atoms with Crippen molar-refractivity contribution in [3.8, 4) is 0 Å². The Bertz CT molecular complexity index is 1110. The lowest BCUT2D eigenvalue weighted by Crippen LogP contribution is -2.41. The van der Waals surface area contributed by atoms with Crippen molar-refractivity contribution in [1.29, 1.82) is 0 Å². The number of hydrogen-bond donors (Lipinski definition) is 7. The molecule has 18 heteroatoms. The molecule has 1 atom stereocenters. The number of hydrogen-bond acceptors (Lipinski definition) is 11. The van der Waals surface area contributed by atoms with E-state index in [1.54, 1.807) is 6.92 Å². The van der Waals surface area contributed by atoms with E-state index in [2.05, 4.69) is 26.6 Å². The Balaban J connectivity index is 3.65. The van der Waals surface area contributed by atoms with E-state index < -0.39 is 18.0 Å². The van der Waals surface area contributed by atoms with Crippen LogP contribution in [-0.2, 0) is 52.5 Å². The lowest BCUT2D eigenvalue weighted by molar-refractivity contribution is -0.142. The molecule has 0 aromatic rings. The number of amides is 5. The van der Waals surface area contributed by atoms with Gasteiger partial charge in [0, 0.05) is 51.9 Å². The van der Waals surface area contributed by atoms with Crippen molar-refractivity contribution in [1.82, 2.24) is 26.6 Å². The van der Waals surface area contributed by atoms with Crippen LogP contribution in [0.4, 0.5) is 0 Å². The summed E-state index contributed by atoms with van der Waals surface area (Å²) in [6, 6.07) is -1.14. The second kappa shape index (κ2) is 39.0. The average molecular weight is 818 g/mol. The summed E-state index contributed by atoms with van der Waals surface area (Å²) >= 11 is 0. The van der Waals surface area contributed by atoms with Gasteiger partial charge in [0.15, 0.2) is 0 Å². The molecule has 330 valence electrons. The highest BCUT2D eigenvalue weighted by atomic mass is 16.5. The molecule has 5 amide bonds. The van der Waals surface area contributed by atoms with Gasteiger partial charge in [-0.25, -0.2) is 4.79 Å². The molecule has 57 heavy (non-hydrogen) atoms. The van der Waals surface area contributed by atoms with Gasteiger partial charge < -0.3 is 55.7 Å². The molecule has 0 unspecified atom stereocenters. The van der Waals surface area contributed by atoms with Crippen LogP contribution in [0, 0.1) is 0 Å². The number of carbonyl (C=O) groups excluding carboxylic acids is 5. The Morgan fingerprint density at radius 2 is 0.860 bits per heavy atom. The van der Waals surface area contributed by atoms with Crippen LogP contribution in [0.5, 0.6) is 0 Å². The van der Waals surface area contributed by atoms with Gasteiger partial charge in [-0.2, -0.15) is 0 Å². The number of ether oxygens (including phenoxy) is 4. The van der Waals surface area contributed by atoms with E-state index in [4.69, 9.17) is 24.1 Å². The monoisotopic (exact) mass is 818 g/mol. The van der Waals surface area contributed by atoms with Gasteiger partial charge in [0.1, 0.15) is 19.3 Å². The topological polar surface area (TPSA) is 257 Å². The number of carbonyl (C=O) groups is 7. The Morgan fingerprint density at radius 1 is 0.439 bits per heavy atom. The number of aliphatic carboxylic acids is 2. The largest absolute Gasteiger partial charge is 0.481 e. The smallest absolute Gasteiger partial charge is 0.326 e. The van der Waals surface area contributed by atoms with Crippen molar-refractivity contribution < 1.29 is 62.7 Å². The Labute approximate surface area is 338 Å². The highest BCUT2D eigenvalue weighted by molar-refractivity contribution is 5.84. The molecular formula is C39H71N5O13. The predicted molar refractivity (Wildman–Crippen MR) is 211 cm³/mol. The van der Waals surface area contributed by atoms with Crippen molar-refractivity contribution in [3.05, 3.63) is 0 Å². The molecule has 0 radical (unpaired) electrons. The highest BCUT2D eigenvalue weighted by Gasteiger charge is 2.20. The third kappa shape index (κ3) is 38.8. The molecule has 0 spiro atoms. The maximum atomic E-state index is 12.3. The number of unbranched alkanes of at least 4 members (excludes halogenated alkanes) is 11. The molecule has 0 bridgehead atoms. The standard InChI is InChI=1S/C39H71N5O13/c1-2-33(45)40-20-15-21-41-36(48)30-56-28-27-55-25-23-43-37(49)31-57-29-26-54-24-22-42-34(46)19-18-32(39(52)53)44-35(47)16-13-11-9-7-5-3-4-6-8-10-12-14-17-38(50)51/h32H,2-31H2,1H3,(H,40,45)(H,41,48)(H,42,46)(H,43,49)(H,44,47)(H,50,51)(H,52,53)/t32-/m0/s1. The maximum absolute atomic E-state index is 12.3. The van der Waals surface area contributed by atoms with Gasteiger partial charge in [-0.3, -0.25) is 28.8 Å². The van der Waals surface area contributed by atoms with E-state index in [0.29, 0.717) is 32.4 Å². The van der Waals surface area contributed by atoms with Crippen LogP contribution < -0.4 is 26.6 Å². The lowest BCUT2D eigenvalue weighted by Gasteiger charge is -2.14. The molecule has 0 saturated carbocycles. The van der Waals surface area contributed by atoms with Gasteiger partial charge in [-0.15, -0.1) is 0 Å². The summed E-state index contributed by atoms with van der Waals surface area (Å²) in [5.74, 6) is -3.21. The third-order valence-corrected chi connectivity index (χ3v) is 8.50. The summed E-state index contributed by atoms with van der Waals surface area (Å²) in [6.07, 6.45) is 13.8. The van der Waals surface area contributed by atoms with E-state index in [9.17, 15) is 38.7 Å². The maximum Gasteiger partial charge on any atom is 0.326 e. The minimum Gasteiger partial charge on any atom is -0.481 e. The molecule has 0 fully saturated rings. The summed E-state index contributed by atoms with van der Waals surface area (Å²) in [4.78, 5) is 81.3. The van der Waals surface area contributed by atoms with Crippen molar-refractivity contribution in [2.24, 2.45) is 0 Å².